The van der Waals surface area contributed by atoms with Gasteiger partial charge in [0.25, 0.3) is 5.91 Å². The summed E-state index contributed by atoms with van der Waals surface area (Å²) in [6, 6.07) is 26.4. The summed E-state index contributed by atoms with van der Waals surface area (Å²) in [5.41, 5.74) is 9.42. The molecule has 5 rings (SSSR count). The van der Waals surface area contributed by atoms with E-state index in [2.05, 4.69) is 15.3 Å². The van der Waals surface area contributed by atoms with E-state index in [1.54, 1.807) is 48.8 Å². The molecule has 0 atom stereocenters. The molecule has 0 radical (unpaired) electrons. The van der Waals surface area contributed by atoms with Crippen LogP contribution in [0.3, 0.4) is 0 Å². The monoisotopic (exact) mass is 446 g/mol. The van der Waals surface area contributed by atoms with Crippen molar-refractivity contribution in [2.75, 3.05) is 5.73 Å². The molecular formula is C28H22N4O2. The van der Waals surface area contributed by atoms with Crippen LogP contribution in [0.4, 0.5) is 5.82 Å². The molecule has 6 nitrogen and oxygen atoms in total. The number of H-pyrrole nitrogens is 1. The number of fused-ring (bicyclic) bond motifs is 1. The number of hydrogen-bond acceptors (Lipinski definition) is 4. The van der Waals surface area contributed by atoms with Crippen molar-refractivity contribution in [2.24, 2.45) is 0 Å². The number of carbonyl (C=O) groups excluding carboxylic acids is 2. The standard InChI is InChI=1S/C28H22N4O2/c29-27-24(28(34)31-17-21-11-6-10-18-7-4-5-12-22(18)21)23(19-13-15-30-16-14-19)25(32-27)26(33)20-8-2-1-3-9-20/h1-16,32H,17,29H2,(H,31,34). The van der Waals surface area contributed by atoms with Crippen molar-refractivity contribution in [3.8, 4) is 11.1 Å². The normalized spacial score (nSPS) is 10.8. The number of amides is 1. The van der Waals surface area contributed by atoms with Crippen LogP contribution in [0.2, 0.25) is 0 Å². The highest BCUT2D eigenvalue weighted by Crippen LogP contribution is 2.33. The number of rotatable bonds is 6. The zero-order valence-corrected chi connectivity index (χ0v) is 18.3. The van der Waals surface area contributed by atoms with Crippen molar-refractivity contribution in [1.82, 2.24) is 15.3 Å². The molecule has 0 bridgehead atoms. The van der Waals surface area contributed by atoms with E-state index < -0.39 is 0 Å². The first-order chi connectivity index (χ1) is 16.6. The van der Waals surface area contributed by atoms with Crippen LogP contribution in [-0.2, 0) is 6.54 Å². The molecule has 6 heteroatoms. The van der Waals surface area contributed by atoms with Gasteiger partial charge in [-0.25, -0.2) is 0 Å². The summed E-state index contributed by atoms with van der Waals surface area (Å²) in [6.07, 6.45) is 3.24. The first kappa shape index (κ1) is 21.2. The molecule has 34 heavy (non-hydrogen) atoms. The van der Waals surface area contributed by atoms with Gasteiger partial charge in [0.2, 0.25) is 5.78 Å². The zero-order chi connectivity index (χ0) is 23.5. The van der Waals surface area contributed by atoms with Crippen LogP contribution in [0.1, 0.15) is 32.0 Å². The third-order valence-corrected chi connectivity index (χ3v) is 5.81. The first-order valence-electron chi connectivity index (χ1n) is 10.9. The third-order valence-electron chi connectivity index (χ3n) is 5.81. The van der Waals surface area contributed by atoms with Crippen LogP contribution in [0.25, 0.3) is 21.9 Å². The number of aromatic amines is 1. The van der Waals surface area contributed by atoms with Gasteiger partial charge in [0.1, 0.15) is 5.82 Å². The minimum Gasteiger partial charge on any atom is -0.385 e. The van der Waals surface area contributed by atoms with Crippen LogP contribution in [0.5, 0.6) is 0 Å². The Morgan fingerprint density at radius 1 is 0.853 bits per heavy atom. The van der Waals surface area contributed by atoms with Gasteiger partial charge in [-0.2, -0.15) is 0 Å². The number of nitrogens with two attached hydrogens (primary N) is 1. The van der Waals surface area contributed by atoms with Crippen LogP contribution in [0.15, 0.2) is 97.3 Å². The summed E-state index contributed by atoms with van der Waals surface area (Å²) in [5, 5.41) is 5.16. The summed E-state index contributed by atoms with van der Waals surface area (Å²) in [5.74, 6) is -0.464. The lowest BCUT2D eigenvalue weighted by Gasteiger charge is -2.11. The summed E-state index contributed by atoms with van der Waals surface area (Å²) >= 11 is 0. The van der Waals surface area contributed by atoms with Gasteiger partial charge in [-0.05, 0) is 34.0 Å². The van der Waals surface area contributed by atoms with Crippen LogP contribution < -0.4 is 11.1 Å². The molecular weight excluding hydrogens is 424 g/mol. The molecule has 0 fully saturated rings. The molecule has 3 aromatic carbocycles. The molecule has 1 amide bonds. The Morgan fingerprint density at radius 2 is 1.56 bits per heavy atom. The van der Waals surface area contributed by atoms with Gasteiger partial charge in [0, 0.05) is 30.1 Å². The van der Waals surface area contributed by atoms with E-state index in [0.717, 1.165) is 16.3 Å². The maximum absolute atomic E-state index is 13.4. The molecule has 2 heterocycles. The van der Waals surface area contributed by atoms with Crippen LogP contribution >= 0.6 is 0 Å². The van der Waals surface area contributed by atoms with E-state index in [-0.39, 0.29) is 28.8 Å². The maximum Gasteiger partial charge on any atom is 0.255 e. The second-order valence-corrected chi connectivity index (χ2v) is 7.92. The number of anilines is 1. The second kappa shape index (κ2) is 9.03. The summed E-state index contributed by atoms with van der Waals surface area (Å²) in [6.45, 7) is 0.322. The Kier molecular flexibility index (Phi) is 5.62. The highest BCUT2D eigenvalue weighted by atomic mass is 16.1. The van der Waals surface area contributed by atoms with Gasteiger partial charge in [-0.1, -0.05) is 72.8 Å². The van der Waals surface area contributed by atoms with Crippen molar-refractivity contribution in [3.63, 3.8) is 0 Å². The number of nitrogens with zero attached hydrogens (tertiary/aromatic N) is 1. The number of hydrogen-bond donors (Lipinski definition) is 3. The highest BCUT2D eigenvalue weighted by Gasteiger charge is 2.27. The first-order valence-corrected chi connectivity index (χ1v) is 10.9. The minimum atomic E-state index is -0.361. The molecule has 0 aliphatic heterocycles. The lowest BCUT2D eigenvalue weighted by Crippen LogP contribution is -2.24. The molecule has 0 unspecified atom stereocenters. The number of pyridine rings is 1. The van der Waals surface area contributed by atoms with Gasteiger partial charge >= 0.3 is 0 Å². The predicted octanol–water partition coefficient (Wildman–Crippen LogP) is 4.97. The largest absolute Gasteiger partial charge is 0.385 e. The van der Waals surface area contributed by atoms with Gasteiger partial charge in [-0.15, -0.1) is 0 Å². The molecule has 166 valence electrons. The molecule has 4 N–H and O–H groups in total. The van der Waals surface area contributed by atoms with Crippen molar-refractivity contribution in [3.05, 3.63) is 120 Å². The van der Waals surface area contributed by atoms with Crippen molar-refractivity contribution < 1.29 is 9.59 Å². The summed E-state index contributed by atoms with van der Waals surface area (Å²) < 4.78 is 0. The highest BCUT2D eigenvalue weighted by molar-refractivity contribution is 6.17. The van der Waals surface area contributed by atoms with Crippen molar-refractivity contribution in [1.29, 1.82) is 0 Å². The number of benzene rings is 3. The average Bonchev–Trinajstić information content (AvgIpc) is 3.24. The Bertz CT molecular complexity index is 1490. The Morgan fingerprint density at radius 3 is 2.35 bits per heavy atom. The Hall–Kier alpha value is -4.71. The summed E-state index contributed by atoms with van der Waals surface area (Å²) in [4.78, 5) is 33.8. The smallest absolute Gasteiger partial charge is 0.255 e. The van der Waals surface area contributed by atoms with Crippen LogP contribution in [0, 0.1) is 0 Å². The van der Waals surface area contributed by atoms with Crippen molar-refractivity contribution >= 4 is 28.3 Å². The predicted molar refractivity (Wildman–Crippen MR) is 133 cm³/mol. The van der Waals surface area contributed by atoms with Gasteiger partial charge < -0.3 is 16.0 Å². The molecule has 2 aromatic heterocycles. The SMILES string of the molecule is Nc1[nH]c(C(=O)c2ccccc2)c(-c2ccncc2)c1C(=O)NCc1cccc2ccccc12. The molecule has 0 aliphatic carbocycles. The lowest BCUT2D eigenvalue weighted by molar-refractivity contribution is 0.0952. The van der Waals surface area contributed by atoms with Gasteiger partial charge in [0.05, 0.1) is 11.3 Å². The molecule has 0 saturated carbocycles. The fourth-order valence-electron chi connectivity index (χ4n) is 4.18. The average molecular weight is 447 g/mol. The van der Waals surface area contributed by atoms with Gasteiger partial charge in [0.15, 0.2) is 0 Å². The molecule has 0 saturated heterocycles. The molecule has 5 aromatic rings. The van der Waals surface area contributed by atoms with E-state index in [1.165, 1.54) is 0 Å². The lowest BCUT2D eigenvalue weighted by atomic mass is 9.97. The number of nitrogen functional groups attached to an aromatic ring is 1. The Labute approximate surface area is 196 Å². The van der Waals surface area contributed by atoms with Crippen LogP contribution in [-0.4, -0.2) is 21.7 Å². The van der Waals surface area contributed by atoms with E-state index in [9.17, 15) is 9.59 Å². The molecule has 0 spiro atoms. The van der Waals surface area contributed by atoms with E-state index in [4.69, 9.17) is 5.73 Å². The fourth-order valence-corrected chi connectivity index (χ4v) is 4.18. The number of carbonyl (C=O) groups is 2. The topological polar surface area (TPSA) is 101 Å². The fraction of sp³-hybridized carbons (Fsp3) is 0.0357. The third kappa shape index (κ3) is 3.93. The van der Waals surface area contributed by atoms with E-state index in [0.29, 0.717) is 23.2 Å². The second-order valence-electron chi connectivity index (χ2n) is 7.92. The maximum atomic E-state index is 13.4. The van der Waals surface area contributed by atoms with Gasteiger partial charge in [-0.3, -0.25) is 14.6 Å². The summed E-state index contributed by atoms with van der Waals surface area (Å²) in [7, 11) is 0. The number of ketones is 1. The number of aromatic nitrogens is 2. The Balaban J connectivity index is 1.53. The minimum absolute atomic E-state index is 0.140. The molecule has 0 aliphatic rings. The van der Waals surface area contributed by atoms with Crippen molar-refractivity contribution in [2.45, 2.75) is 6.54 Å². The quantitative estimate of drug-likeness (QED) is 0.321. The zero-order valence-electron chi connectivity index (χ0n) is 18.3. The number of nitrogens with one attached hydrogen (secondary N) is 2. The van der Waals surface area contributed by atoms with E-state index >= 15 is 0 Å². The van der Waals surface area contributed by atoms with E-state index in [1.807, 2.05) is 48.5 Å².